The van der Waals surface area contributed by atoms with Crippen LogP contribution in [0.4, 0.5) is 0 Å². The lowest BCUT2D eigenvalue weighted by atomic mass is 10.0. The maximum atomic E-state index is 4.45. The molecule has 106 valence electrons. The van der Waals surface area contributed by atoms with Gasteiger partial charge in [0.15, 0.2) is 0 Å². The van der Waals surface area contributed by atoms with Crippen LogP contribution in [-0.4, -0.2) is 27.4 Å². The fourth-order valence-corrected chi connectivity index (χ4v) is 4.16. The summed E-state index contributed by atoms with van der Waals surface area (Å²) < 4.78 is 2.04. The molecule has 1 N–H and O–H groups in total. The fraction of sp³-hybridized carbons (Fsp3) is 0.867. The molecule has 1 aromatic rings. The van der Waals surface area contributed by atoms with Crippen molar-refractivity contribution < 1.29 is 0 Å². The van der Waals surface area contributed by atoms with E-state index in [-0.39, 0.29) is 0 Å². The molecule has 3 rings (SSSR count). The summed E-state index contributed by atoms with van der Waals surface area (Å²) in [6, 6.07) is 0.604. The Morgan fingerprint density at radius 2 is 2.05 bits per heavy atom. The Bertz CT molecular complexity index is 402. The zero-order valence-corrected chi connectivity index (χ0v) is 12.2. The number of hydrogen-bond acceptors (Lipinski definition) is 3. The second kappa shape index (κ2) is 5.61. The van der Waals surface area contributed by atoms with Gasteiger partial charge in [0.05, 0.1) is 0 Å². The zero-order chi connectivity index (χ0) is 13.2. The van der Waals surface area contributed by atoms with Gasteiger partial charge in [0.2, 0.25) is 0 Å². The monoisotopic (exact) mass is 262 g/mol. The quantitative estimate of drug-likeness (QED) is 0.855. The molecule has 2 aliphatic carbocycles. The first-order valence-electron chi connectivity index (χ1n) is 7.95. The van der Waals surface area contributed by atoms with Crippen molar-refractivity contribution in [3.8, 4) is 0 Å². The lowest BCUT2D eigenvalue weighted by Gasteiger charge is -2.18. The molecule has 0 amide bonds. The molecular formula is C15H26N4. The van der Waals surface area contributed by atoms with E-state index in [1.165, 1.54) is 25.7 Å². The molecule has 0 aliphatic heterocycles. The van der Waals surface area contributed by atoms with Gasteiger partial charge in [-0.2, -0.15) is 5.10 Å². The van der Waals surface area contributed by atoms with Crippen molar-refractivity contribution in [3.05, 3.63) is 12.2 Å². The molecule has 2 saturated carbocycles. The Morgan fingerprint density at radius 1 is 1.32 bits per heavy atom. The number of nitrogens with one attached hydrogen (secondary N) is 1. The number of aromatic nitrogens is 3. The standard InChI is InChI=1S/C15H26N4/c1-3-16-13(9-14-17-10-18-19(14)4-2)15-11-7-5-6-8-12(11)15/h10-13,15-16H,3-9H2,1-2H3. The summed E-state index contributed by atoms with van der Waals surface area (Å²) in [6.07, 6.45) is 8.54. The minimum Gasteiger partial charge on any atom is -0.314 e. The van der Waals surface area contributed by atoms with Crippen LogP contribution in [0.3, 0.4) is 0 Å². The van der Waals surface area contributed by atoms with Crippen molar-refractivity contribution in [3.63, 3.8) is 0 Å². The Kier molecular flexibility index (Phi) is 3.87. The van der Waals surface area contributed by atoms with E-state index in [1.54, 1.807) is 6.33 Å². The van der Waals surface area contributed by atoms with E-state index in [9.17, 15) is 0 Å². The molecule has 0 spiro atoms. The molecular weight excluding hydrogens is 236 g/mol. The highest BCUT2D eigenvalue weighted by molar-refractivity contribution is 5.07. The second-order valence-corrected chi connectivity index (χ2v) is 6.05. The summed E-state index contributed by atoms with van der Waals surface area (Å²) in [5.41, 5.74) is 0. The van der Waals surface area contributed by atoms with Gasteiger partial charge in [0, 0.05) is 19.0 Å². The highest BCUT2D eigenvalue weighted by Gasteiger charge is 2.53. The molecule has 0 radical (unpaired) electrons. The van der Waals surface area contributed by atoms with Crippen molar-refractivity contribution in [2.24, 2.45) is 17.8 Å². The van der Waals surface area contributed by atoms with Crippen LogP contribution in [0.25, 0.3) is 0 Å². The maximum absolute atomic E-state index is 4.45. The van der Waals surface area contributed by atoms with E-state index < -0.39 is 0 Å². The van der Waals surface area contributed by atoms with Crippen molar-refractivity contribution in [2.75, 3.05) is 6.54 Å². The Balaban J connectivity index is 1.68. The number of fused-ring (bicyclic) bond motifs is 1. The summed E-state index contributed by atoms with van der Waals surface area (Å²) in [5, 5.41) is 8.01. The average Bonchev–Trinajstić information content (AvgIpc) is 2.99. The molecule has 3 atom stereocenters. The second-order valence-electron chi connectivity index (χ2n) is 6.05. The van der Waals surface area contributed by atoms with Crippen molar-refractivity contribution in [1.29, 1.82) is 0 Å². The Hall–Kier alpha value is -0.900. The third kappa shape index (κ3) is 2.55. The lowest BCUT2D eigenvalue weighted by Crippen LogP contribution is -2.35. The van der Waals surface area contributed by atoms with E-state index >= 15 is 0 Å². The third-order valence-corrected chi connectivity index (χ3v) is 5.05. The first-order valence-corrected chi connectivity index (χ1v) is 7.95. The van der Waals surface area contributed by atoms with Gasteiger partial charge in [-0.1, -0.05) is 19.8 Å². The molecule has 1 heterocycles. The summed E-state index contributed by atoms with van der Waals surface area (Å²) in [4.78, 5) is 4.45. The van der Waals surface area contributed by atoms with Crippen LogP contribution in [0.2, 0.25) is 0 Å². The van der Waals surface area contributed by atoms with Crippen LogP contribution < -0.4 is 5.32 Å². The van der Waals surface area contributed by atoms with Gasteiger partial charge in [-0.3, -0.25) is 4.68 Å². The smallest absolute Gasteiger partial charge is 0.138 e. The maximum Gasteiger partial charge on any atom is 0.138 e. The molecule has 1 aromatic heterocycles. The van der Waals surface area contributed by atoms with Gasteiger partial charge >= 0.3 is 0 Å². The predicted molar refractivity (Wildman–Crippen MR) is 75.8 cm³/mol. The molecule has 0 aromatic carbocycles. The van der Waals surface area contributed by atoms with Crippen LogP contribution in [0, 0.1) is 17.8 Å². The summed E-state index contributed by atoms with van der Waals surface area (Å²) in [6.45, 7) is 6.33. The van der Waals surface area contributed by atoms with Crippen molar-refractivity contribution in [1.82, 2.24) is 20.1 Å². The number of nitrogens with zero attached hydrogens (tertiary/aromatic N) is 3. The average molecular weight is 262 g/mol. The molecule has 2 fully saturated rings. The minimum atomic E-state index is 0.604. The number of hydrogen-bond donors (Lipinski definition) is 1. The lowest BCUT2D eigenvalue weighted by molar-refractivity contribution is 0.420. The topological polar surface area (TPSA) is 42.7 Å². The van der Waals surface area contributed by atoms with Crippen LogP contribution >= 0.6 is 0 Å². The Morgan fingerprint density at radius 3 is 2.68 bits per heavy atom. The summed E-state index contributed by atoms with van der Waals surface area (Å²) in [5.74, 6) is 4.04. The van der Waals surface area contributed by atoms with Gasteiger partial charge in [0.25, 0.3) is 0 Å². The van der Waals surface area contributed by atoms with Gasteiger partial charge in [0.1, 0.15) is 12.2 Å². The highest BCUT2D eigenvalue weighted by atomic mass is 15.3. The Labute approximate surface area is 116 Å². The van der Waals surface area contributed by atoms with Crippen LogP contribution in [0.15, 0.2) is 6.33 Å². The largest absolute Gasteiger partial charge is 0.314 e. The molecule has 0 saturated heterocycles. The van der Waals surface area contributed by atoms with Crippen molar-refractivity contribution >= 4 is 0 Å². The summed E-state index contributed by atoms with van der Waals surface area (Å²) >= 11 is 0. The van der Waals surface area contributed by atoms with Gasteiger partial charge in [-0.15, -0.1) is 0 Å². The molecule has 3 unspecified atom stereocenters. The molecule has 4 nitrogen and oxygen atoms in total. The van der Waals surface area contributed by atoms with Gasteiger partial charge in [-0.25, -0.2) is 4.98 Å². The predicted octanol–water partition coefficient (Wildman–Crippen LogP) is 2.25. The fourth-order valence-electron chi connectivity index (χ4n) is 4.16. The van der Waals surface area contributed by atoms with E-state index in [4.69, 9.17) is 0 Å². The van der Waals surface area contributed by atoms with Crippen LogP contribution in [0.1, 0.15) is 45.4 Å². The first-order chi connectivity index (χ1) is 9.35. The van der Waals surface area contributed by atoms with Crippen molar-refractivity contribution in [2.45, 2.75) is 58.5 Å². The molecule has 4 heteroatoms. The van der Waals surface area contributed by atoms with Crippen LogP contribution in [-0.2, 0) is 13.0 Å². The van der Waals surface area contributed by atoms with E-state index in [1.807, 2.05) is 4.68 Å². The van der Waals surface area contributed by atoms with Gasteiger partial charge in [-0.05, 0) is 44.1 Å². The van der Waals surface area contributed by atoms with E-state index in [0.29, 0.717) is 6.04 Å². The number of aryl methyl sites for hydroxylation is 1. The zero-order valence-electron chi connectivity index (χ0n) is 12.2. The first kappa shape index (κ1) is 13.1. The summed E-state index contributed by atoms with van der Waals surface area (Å²) in [7, 11) is 0. The number of likely N-dealkylation sites (N-methyl/N-ethyl adjacent to an activating group) is 1. The van der Waals surface area contributed by atoms with Crippen LogP contribution in [0.5, 0.6) is 0 Å². The van der Waals surface area contributed by atoms with E-state index in [0.717, 1.165) is 43.1 Å². The molecule has 19 heavy (non-hydrogen) atoms. The normalized spacial score (nSPS) is 30.9. The molecule has 2 aliphatic rings. The molecule has 0 bridgehead atoms. The SMILES string of the molecule is CCNC(Cc1ncnn1CC)C1C2CCCCC21. The number of rotatable bonds is 6. The van der Waals surface area contributed by atoms with E-state index in [2.05, 4.69) is 29.2 Å². The van der Waals surface area contributed by atoms with Gasteiger partial charge < -0.3 is 5.32 Å². The highest BCUT2D eigenvalue weighted by Crippen LogP contribution is 2.57. The third-order valence-electron chi connectivity index (χ3n) is 5.05. The minimum absolute atomic E-state index is 0.604.